The van der Waals surface area contributed by atoms with E-state index in [1.165, 1.54) is 45.2 Å². The van der Waals surface area contributed by atoms with Gasteiger partial charge in [0.15, 0.2) is 0 Å². The van der Waals surface area contributed by atoms with Gasteiger partial charge in [-0.1, -0.05) is 11.6 Å². The Morgan fingerprint density at radius 2 is 2.06 bits per heavy atom. The van der Waals surface area contributed by atoms with Crippen LogP contribution in [0.25, 0.3) is 11.1 Å². The number of nitrogens with one attached hydrogen (secondary N) is 2. The van der Waals surface area contributed by atoms with Crippen LogP contribution >= 0.6 is 22.9 Å². The molecule has 1 spiro atoms. The van der Waals surface area contributed by atoms with Crippen molar-refractivity contribution in [3.63, 3.8) is 0 Å². The molecule has 0 aromatic carbocycles. The summed E-state index contributed by atoms with van der Waals surface area (Å²) in [6.07, 6.45) is 8.25. The maximum atomic E-state index is 12.6. The minimum absolute atomic E-state index is 0.168. The van der Waals surface area contributed by atoms with Crippen molar-refractivity contribution in [2.75, 3.05) is 19.0 Å². The number of H-pyrrole nitrogens is 1. The summed E-state index contributed by atoms with van der Waals surface area (Å²) < 4.78 is 10.8. The van der Waals surface area contributed by atoms with Gasteiger partial charge in [0, 0.05) is 29.6 Å². The summed E-state index contributed by atoms with van der Waals surface area (Å²) in [6.45, 7) is 2.83. The number of hydrogen-bond acceptors (Lipinski definition) is 8. The number of amides is 1. The summed E-state index contributed by atoms with van der Waals surface area (Å²) >= 11 is 6.79. The van der Waals surface area contributed by atoms with E-state index >= 15 is 0 Å². The van der Waals surface area contributed by atoms with Crippen molar-refractivity contribution >= 4 is 34.0 Å². The van der Waals surface area contributed by atoms with Crippen LogP contribution in [-0.4, -0.2) is 45.4 Å². The van der Waals surface area contributed by atoms with Crippen molar-refractivity contribution in [3.05, 3.63) is 50.6 Å². The molecule has 2 N–H and O–H groups in total. The number of aromatic nitrogens is 4. The molecule has 0 bridgehead atoms. The van der Waals surface area contributed by atoms with Gasteiger partial charge in [0.1, 0.15) is 10.9 Å². The Balaban J connectivity index is 0.000000292. The monoisotopic (exact) mass is 475 g/mol. The van der Waals surface area contributed by atoms with E-state index in [9.17, 15) is 9.59 Å². The largest absolute Gasteiger partial charge is 0.494 e. The molecule has 3 aromatic rings. The topological polar surface area (TPSA) is 119 Å². The smallest absolute Gasteiger partial charge is 0.324 e. The molecule has 2 fully saturated rings. The molecule has 1 saturated heterocycles. The first-order chi connectivity index (χ1) is 15.4. The first-order valence-corrected chi connectivity index (χ1v) is 11.3. The second kappa shape index (κ2) is 9.35. The van der Waals surface area contributed by atoms with Gasteiger partial charge in [-0.05, 0) is 56.1 Å². The number of aryl methyl sites for hydroxylation is 1. The Hall–Kier alpha value is -2.82. The number of carbonyl (C=O) groups excluding carboxylic acids is 1. The fourth-order valence-corrected chi connectivity index (χ4v) is 4.15. The number of pyridine rings is 2. The van der Waals surface area contributed by atoms with Crippen molar-refractivity contribution in [1.82, 2.24) is 20.2 Å². The van der Waals surface area contributed by atoms with Gasteiger partial charge >= 0.3 is 4.87 Å². The number of anilines is 1. The molecular weight excluding hydrogens is 454 g/mol. The zero-order valence-corrected chi connectivity index (χ0v) is 19.2. The summed E-state index contributed by atoms with van der Waals surface area (Å²) in [6, 6.07) is 3.36. The fraction of sp³-hybridized carbons (Fsp3) is 0.381. The molecule has 2 aliphatic rings. The molecule has 1 aliphatic heterocycles. The van der Waals surface area contributed by atoms with Crippen LogP contribution in [0.4, 0.5) is 5.13 Å². The molecule has 32 heavy (non-hydrogen) atoms. The predicted molar refractivity (Wildman–Crippen MR) is 122 cm³/mol. The quantitative estimate of drug-likeness (QED) is 0.550. The van der Waals surface area contributed by atoms with Crippen LogP contribution in [-0.2, 0) is 4.74 Å². The van der Waals surface area contributed by atoms with Crippen LogP contribution < -0.4 is 14.9 Å². The Labute approximate surface area is 193 Å². The number of ether oxygens (including phenoxy) is 2. The molecule has 3 aromatic heterocycles. The second-order valence-corrected chi connectivity index (χ2v) is 8.93. The van der Waals surface area contributed by atoms with Crippen LogP contribution in [0.2, 0.25) is 5.15 Å². The third kappa shape index (κ3) is 5.14. The molecule has 1 aliphatic carbocycles. The van der Waals surface area contributed by atoms with Gasteiger partial charge in [-0.2, -0.15) is 0 Å². The summed E-state index contributed by atoms with van der Waals surface area (Å²) in [4.78, 5) is 31.6. The van der Waals surface area contributed by atoms with E-state index in [2.05, 4.69) is 25.5 Å². The maximum Gasteiger partial charge on any atom is 0.324 e. The number of nitrogens with zero attached hydrogens (tertiary/aromatic N) is 3. The molecule has 5 rings (SSSR count). The molecule has 0 atom stereocenters. The van der Waals surface area contributed by atoms with Crippen LogP contribution in [0.5, 0.6) is 5.75 Å². The number of carbonyl (C=O) groups is 1. The fourth-order valence-electron chi connectivity index (χ4n) is 3.49. The summed E-state index contributed by atoms with van der Waals surface area (Å²) in [5.41, 5.74) is 2.63. The third-order valence-electron chi connectivity index (χ3n) is 5.28. The van der Waals surface area contributed by atoms with Crippen LogP contribution in [0, 0.1) is 6.92 Å². The van der Waals surface area contributed by atoms with Gasteiger partial charge in [0.05, 0.1) is 24.5 Å². The highest BCUT2D eigenvalue weighted by Crippen LogP contribution is 2.47. The molecule has 11 heteroatoms. The van der Waals surface area contributed by atoms with Gasteiger partial charge < -0.3 is 9.47 Å². The van der Waals surface area contributed by atoms with E-state index in [4.69, 9.17) is 21.1 Å². The number of rotatable bonds is 4. The lowest BCUT2D eigenvalue weighted by Crippen LogP contribution is -2.14. The van der Waals surface area contributed by atoms with Gasteiger partial charge in [0.2, 0.25) is 5.13 Å². The molecule has 0 unspecified atom stereocenters. The molecule has 1 amide bonds. The highest BCUT2D eigenvalue weighted by molar-refractivity contribution is 7.13. The summed E-state index contributed by atoms with van der Waals surface area (Å²) in [7, 11) is 1.50. The lowest BCUT2D eigenvalue weighted by Gasteiger charge is -2.13. The first-order valence-electron chi connectivity index (χ1n) is 10.1. The zero-order valence-electron chi connectivity index (χ0n) is 17.6. The minimum atomic E-state index is -0.458. The van der Waals surface area contributed by atoms with Crippen LogP contribution in [0.1, 0.15) is 41.7 Å². The molecular formula is C21H22ClN5O4S. The zero-order chi connectivity index (χ0) is 22.7. The summed E-state index contributed by atoms with van der Waals surface area (Å²) in [5.74, 6) is 0.00807. The van der Waals surface area contributed by atoms with E-state index in [1.807, 2.05) is 0 Å². The van der Waals surface area contributed by atoms with Gasteiger partial charge in [-0.15, -0.1) is 5.10 Å². The Morgan fingerprint density at radius 1 is 1.25 bits per heavy atom. The number of aromatic amines is 1. The van der Waals surface area contributed by atoms with E-state index in [0.717, 1.165) is 17.9 Å². The standard InChI is InChI=1S/C15H12ClN5O3S.C6H10O/c1-7-3-8(9-4-12(16)18-6-11(9)24-2)10(5-17-7)13(22)19-14-20-21-15(23)25-14;1-2-6(3-4-6)7-5-1/h3-6H,1-2H3,(H,21,23)(H,19,20,22);1-5H2. The lowest BCUT2D eigenvalue weighted by molar-refractivity contribution is 0.0908. The third-order valence-corrected chi connectivity index (χ3v) is 6.15. The first kappa shape index (κ1) is 22.4. The Bertz CT molecular complexity index is 1180. The van der Waals surface area contributed by atoms with Crippen LogP contribution in [0.15, 0.2) is 29.3 Å². The second-order valence-electron chi connectivity index (χ2n) is 7.59. The van der Waals surface area contributed by atoms with Crippen molar-refractivity contribution in [2.45, 2.75) is 38.2 Å². The van der Waals surface area contributed by atoms with Crippen molar-refractivity contribution in [3.8, 4) is 16.9 Å². The molecule has 1 saturated carbocycles. The van der Waals surface area contributed by atoms with E-state index < -0.39 is 5.91 Å². The molecule has 168 valence electrons. The van der Waals surface area contributed by atoms with E-state index in [0.29, 0.717) is 28.2 Å². The van der Waals surface area contributed by atoms with Gasteiger partial charge in [-0.3, -0.25) is 19.9 Å². The lowest BCUT2D eigenvalue weighted by atomic mass is 10.0. The van der Waals surface area contributed by atoms with E-state index in [1.54, 1.807) is 19.1 Å². The average Bonchev–Trinajstić information content (AvgIpc) is 3.16. The van der Waals surface area contributed by atoms with Crippen molar-refractivity contribution in [1.29, 1.82) is 0 Å². The molecule has 4 heterocycles. The SMILES string of the molecule is C1COC2(C1)CC2.COc1cnc(Cl)cc1-c1cc(C)ncc1C(=O)Nc1n[nH]c(=O)s1. The average molecular weight is 476 g/mol. The summed E-state index contributed by atoms with van der Waals surface area (Å²) in [5, 5.41) is 8.97. The van der Waals surface area contributed by atoms with Crippen molar-refractivity contribution < 1.29 is 14.3 Å². The van der Waals surface area contributed by atoms with E-state index in [-0.39, 0.29) is 20.7 Å². The molecule has 0 radical (unpaired) electrons. The normalized spacial score (nSPS) is 15.7. The van der Waals surface area contributed by atoms with Gasteiger partial charge in [0.25, 0.3) is 5.91 Å². The highest BCUT2D eigenvalue weighted by Gasteiger charge is 2.46. The van der Waals surface area contributed by atoms with Gasteiger partial charge in [-0.25, -0.2) is 10.1 Å². The Morgan fingerprint density at radius 3 is 2.66 bits per heavy atom. The highest BCUT2D eigenvalue weighted by atomic mass is 35.5. The predicted octanol–water partition coefficient (Wildman–Crippen LogP) is 3.84. The number of methoxy groups -OCH3 is 1. The number of hydrogen-bond donors (Lipinski definition) is 2. The maximum absolute atomic E-state index is 12.6. The number of halogens is 1. The minimum Gasteiger partial charge on any atom is -0.494 e. The Kier molecular flexibility index (Phi) is 6.54. The van der Waals surface area contributed by atoms with Crippen molar-refractivity contribution in [2.24, 2.45) is 0 Å². The van der Waals surface area contributed by atoms with Crippen LogP contribution in [0.3, 0.4) is 0 Å². The molecule has 9 nitrogen and oxygen atoms in total.